The topological polar surface area (TPSA) is 77.1 Å². The van der Waals surface area contributed by atoms with Crippen LogP contribution in [0.2, 0.25) is 0 Å². The lowest BCUT2D eigenvalue weighted by atomic mass is 10.3. The quantitative estimate of drug-likeness (QED) is 0.253. The minimum atomic E-state index is 0.217. The van der Waals surface area contributed by atoms with Crippen LogP contribution >= 0.6 is 0 Å². The molecule has 0 radical (unpaired) electrons. The molecule has 0 heterocycles. The third-order valence-electron chi connectivity index (χ3n) is 2.02. The van der Waals surface area contributed by atoms with Crippen molar-refractivity contribution in [2.45, 2.75) is 12.8 Å². The van der Waals surface area contributed by atoms with E-state index in [1.54, 1.807) is 7.11 Å². The molecule has 1 aromatic carbocycles. The first-order chi connectivity index (χ1) is 7.76. The summed E-state index contributed by atoms with van der Waals surface area (Å²) >= 11 is 0. The van der Waals surface area contributed by atoms with Crippen LogP contribution in [0.5, 0.6) is 11.5 Å². The Labute approximate surface area is 94.5 Å². The van der Waals surface area contributed by atoms with Gasteiger partial charge >= 0.3 is 0 Å². The zero-order valence-corrected chi connectivity index (χ0v) is 9.22. The van der Waals surface area contributed by atoms with E-state index in [1.807, 2.05) is 24.3 Å². The van der Waals surface area contributed by atoms with E-state index >= 15 is 0 Å². The van der Waals surface area contributed by atoms with Crippen molar-refractivity contribution in [3.8, 4) is 11.5 Å². The van der Waals surface area contributed by atoms with Gasteiger partial charge in [0.1, 0.15) is 17.3 Å². The molecule has 88 valence electrons. The molecule has 0 saturated carbocycles. The number of ether oxygens (including phenoxy) is 2. The minimum absolute atomic E-state index is 0.217. The van der Waals surface area contributed by atoms with Crippen LogP contribution in [0, 0.1) is 0 Å². The maximum Gasteiger partial charge on any atom is 0.139 e. The lowest BCUT2D eigenvalue weighted by Crippen LogP contribution is -2.12. The zero-order valence-electron chi connectivity index (χ0n) is 9.22. The van der Waals surface area contributed by atoms with Gasteiger partial charge in [-0.15, -0.1) is 0 Å². The summed E-state index contributed by atoms with van der Waals surface area (Å²) in [4.78, 5) is 0. The minimum Gasteiger partial charge on any atom is -0.497 e. The highest BCUT2D eigenvalue weighted by Gasteiger charge is 1.97. The van der Waals surface area contributed by atoms with Gasteiger partial charge in [0, 0.05) is 12.5 Å². The van der Waals surface area contributed by atoms with Gasteiger partial charge in [0.2, 0.25) is 0 Å². The Morgan fingerprint density at radius 3 is 2.88 bits per heavy atom. The first-order valence-electron chi connectivity index (χ1n) is 4.99. The number of amidine groups is 1. The van der Waals surface area contributed by atoms with Crippen molar-refractivity contribution < 1.29 is 14.7 Å². The molecule has 3 N–H and O–H groups in total. The first-order valence-corrected chi connectivity index (χ1v) is 4.99. The summed E-state index contributed by atoms with van der Waals surface area (Å²) in [6, 6.07) is 7.37. The number of rotatable bonds is 6. The van der Waals surface area contributed by atoms with Crippen LogP contribution in [0.4, 0.5) is 0 Å². The highest BCUT2D eigenvalue weighted by atomic mass is 16.5. The molecule has 1 aromatic rings. The molecule has 0 saturated heterocycles. The second kappa shape index (κ2) is 6.55. The fraction of sp³-hybridized carbons (Fsp3) is 0.364. The number of hydrogen-bond acceptors (Lipinski definition) is 4. The predicted octanol–water partition coefficient (Wildman–Crippen LogP) is 1.60. The van der Waals surface area contributed by atoms with Crippen LogP contribution in [0.15, 0.2) is 29.4 Å². The molecule has 0 fully saturated rings. The van der Waals surface area contributed by atoms with E-state index in [0.717, 1.165) is 11.5 Å². The molecule has 0 aliphatic rings. The fourth-order valence-electron chi connectivity index (χ4n) is 1.18. The summed E-state index contributed by atoms with van der Waals surface area (Å²) in [5, 5.41) is 11.2. The van der Waals surface area contributed by atoms with Gasteiger partial charge in [-0.1, -0.05) is 11.2 Å². The molecule has 0 amide bonds. The smallest absolute Gasteiger partial charge is 0.139 e. The molecular weight excluding hydrogens is 208 g/mol. The molecule has 0 aromatic heterocycles. The molecule has 5 nitrogen and oxygen atoms in total. The average molecular weight is 224 g/mol. The van der Waals surface area contributed by atoms with E-state index in [2.05, 4.69) is 5.16 Å². The van der Waals surface area contributed by atoms with E-state index in [-0.39, 0.29) is 5.84 Å². The van der Waals surface area contributed by atoms with Gasteiger partial charge in [-0.3, -0.25) is 0 Å². The van der Waals surface area contributed by atoms with E-state index in [4.69, 9.17) is 20.4 Å². The Morgan fingerprint density at radius 1 is 1.44 bits per heavy atom. The Kier molecular flexibility index (Phi) is 4.98. The molecule has 0 unspecified atom stereocenters. The summed E-state index contributed by atoms with van der Waals surface area (Å²) in [7, 11) is 1.61. The molecule has 0 spiro atoms. The molecular formula is C11H16N2O3. The van der Waals surface area contributed by atoms with Crippen LogP contribution in [0.25, 0.3) is 0 Å². The SMILES string of the molecule is COc1cccc(OCCC/C(N)=N/O)c1. The number of nitrogens with zero attached hydrogens (tertiary/aromatic N) is 1. The Balaban J connectivity index is 2.31. The fourth-order valence-corrected chi connectivity index (χ4v) is 1.18. The van der Waals surface area contributed by atoms with E-state index in [9.17, 15) is 0 Å². The first kappa shape index (κ1) is 12.2. The van der Waals surface area contributed by atoms with Crippen molar-refractivity contribution >= 4 is 5.84 Å². The number of oxime groups is 1. The zero-order chi connectivity index (χ0) is 11.8. The monoisotopic (exact) mass is 224 g/mol. The maximum absolute atomic E-state index is 8.33. The molecule has 0 atom stereocenters. The van der Waals surface area contributed by atoms with Crippen molar-refractivity contribution in [2.75, 3.05) is 13.7 Å². The van der Waals surface area contributed by atoms with Crippen LogP contribution in [0.1, 0.15) is 12.8 Å². The number of hydrogen-bond donors (Lipinski definition) is 2. The van der Waals surface area contributed by atoms with Gasteiger partial charge in [0.15, 0.2) is 0 Å². The second-order valence-electron chi connectivity index (χ2n) is 3.22. The average Bonchev–Trinajstić information content (AvgIpc) is 2.34. The molecule has 0 aliphatic heterocycles. The predicted molar refractivity (Wildman–Crippen MR) is 61.1 cm³/mol. The summed E-state index contributed by atoms with van der Waals surface area (Å²) in [5.74, 6) is 1.72. The number of benzene rings is 1. The molecule has 1 rings (SSSR count). The summed E-state index contributed by atoms with van der Waals surface area (Å²) in [6.45, 7) is 0.517. The van der Waals surface area contributed by atoms with E-state index in [0.29, 0.717) is 19.4 Å². The Bertz CT molecular complexity index is 353. The van der Waals surface area contributed by atoms with Crippen molar-refractivity contribution in [3.63, 3.8) is 0 Å². The van der Waals surface area contributed by atoms with Gasteiger partial charge < -0.3 is 20.4 Å². The lowest BCUT2D eigenvalue weighted by Gasteiger charge is -2.07. The number of nitrogens with two attached hydrogens (primary N) is 1. The van der Waals surface area contributed by atoms with Gasteiger partial charge in [-0.25, -0.2) is 0 Å². The lowest BCUT2D eigenvalue weighted by molar-refractivity contribution is 0.304. The van der Waals surface area contributed by atoms with E-state index < -0.39 is 0 Å². The van der Waals surface area contributed by atoms with Gasteiger partial charge in [0.25, 0.3) is 0 Å². The van der Waals surface area contributed by atoms with E-state index in [1.165, 1.54) is 0 Å². The van der Waals surface area contributed by atoms with Crippen LogP contribution < -0.4 is 15.2 Å². The molecule has 16 heavy (non-hydrogen) atoms. The Hall–Kier alpha value is -1.91. The summed E-state index contributed by atoms with van der Waals surface area (Å²) in [6.07, 6.45) is 1.22. The second-order valence-corrected chi connectivity index (χ2v) is 3.22. The largest absolute Gasteiger partial charge is 0.497 e. The van der Waals surface area contributed by atoms with Crippen molar-refractivity contribution in [1.29, 1.82) is 0 Å². The summed E-state index contributed by atoms with van der Waals surface area (Å²) in [5.41, 5.74) is 5.32. The van der Waals surface area contributed by atoms with Gasteiger partial charge in [0.05, 0.1) is 13.7 Å². The van der Waals surface area contributed by atoms with Gasteiger partial charge in [-0.2, -0.15) is 0 Å². The highest BCUT2D eigenvalue weighted by Crippen LogP contribution is 2.18. The molecule has 5 heteroatoms. The molecule has 0 aliphatic carbocycles. The molecule has 0 bridgehead atoms. The van der Waals surface area contributed by atoms with Gasteiger partial charge in [-0.05, 0) is 18.6 Å². The standard InChI is InChI=1S/C11H16N2O3/c1-15-9-4-2-5-10(8-9)16-7-3-6-11(12)13-14/h2,4-5,8,14H,3,6-7H2,1H3,(H2,12,13). The van der Waals surface area contributed by atoms with Crippen molar-refractivity contribution in [1.82, 2.24) is 0 Å². The normalized spacial score (nSPS) is 11.2. The van der Waals surface area contributed by atoms with Crippen LogP contribution in [-0.4, -0.2) is 24.8 Å². The Morgan fingerprint density at radius 2 is 2.19 bits per heavy atom. The van der Waals surface area contributed by atoms with Crippen LogP contribution in [0.3, 0.4) is 0 Å². The third kappa shape index (κ3) is 4.08. The van der Waals surface area contributed by atoms with Crippen LogP contribution in [-0.2, 0) is 0 Å². The third-order valence-corrected chi connectivity index (χ3v) is 2.02. The van der Waals surface area contributed by atoms with Crippen molar-refractivity contribution in [3.05, 3.63) is 24.3 Å². The maximum atomic E-state index is 8.33. The number of methoxy groups -OCH3 is 1. The highest BCUT2D eigenvalue weighted by molar-refractivity contribution is 5.79. The van der Waals surface area contributed by atoms with Crippen molar-refractivity contribution in [2.24, 2.45) is 10.9 Å². The summed E-state index contributed by atoms with van der Waals surface area (Å²) < 4.78 is 10.5.